The molecule has 0 bridgehead atoms. The summed E-state index contributed by atoms with van der Waals surface area (Å²) in [6.45, 7) is 0. The minimum absolute atomic E-state index is 0.669. The maximum Gasteiger partial charge on any atom is 0.0505 e. The third-order valence-electron chi connectivity index (χ3n) is 3.21. The van der Waals surface area contributed by atoms with Gasteiger partial charge in [0.1, 0.15) is 0 Å². The average molecular weight is 299 g/mol. The molecule has 0 N–H and O–H groups in total. The summed E-state index contributed by atoms with van der Waals surface area (Å²) in [5.74, 6) is 0. The Kier molecular flexibility index (Phi) is 3.77. The zero-order valence-corrected chi connectivity index (χ0v) is 12.2. The van der Waals surface area contributed by atoms with Crippen LogP contribution in [0, 0.1) is 0 Å². The molecule has 2 heteroatoms. The summed E-state index contributed by atoms with van der Waals surface area (Å²) < 4.78 is 0. The lowest BCUT2D eigenvalue weighted by Crippen LogP contribution is -1.85. The standard InChI is InChI=1S/C18H12Cl2/c19-16-11-15(13-7-3-1-4-8-13)12-17(20)18(16)14-9-5-2-6-10-14/h1-12H. The van der Waals surface area contributed by atoms with Crippen molar-refractivity contribution in [2.24, 2.45) is 0 Å². The summed E-state index contributed by atoms with van der Waals surface area (Å²) in [6, 6.07) is 24.0. The van der Waals surface area contributed by atoms with Crippen molar-refractivity contribution in [3.8, 4) is 22.3 Å². The van der Waals surface area contributed by atoms with E-state index in [2.05, 4.69) is 0 Å². The van der Waals surface area contributed by atoms with Crippen LogP contribution in [0.3, 0.4) is 0 Å². The zero-order chi connectivity index (χ0) is 13.9. The molecule has 0 nitrogen and oxygen atoms in total. The lowest BCUT2D eigenvalue weighted by atomic mass is 10.00. The third-order valence-corrected chi connectivity index (χ3v) is 3.81. The number of hydrogen-bond donors (Lipinski definition) is 0. The van der Waals surface area contributed by atoms with E-state index in [0.29, 0.717) is 10.0 Å². The number of hydrogen-bond acceptors (Lipinski definition) is 0. The van der Waals surface area contributed by atoms with Crippen LogP contribution in [0.15, 0.2) is 72.8 Å². The molecule has 98 valence electrons. The minimum Gasteiger partial charge on any atom is -0.0836 e. The van der Waals surface area contributed by atoms with Gasteiger partial charge in [0.2, 0.25) is 0 Å². The number of halogens is 2. The highest BCUT2D eigenvalue weighted by Gasteiger charge is 2.11. The fraction of sp³-hybridized carbons (Fsp3) is 0. The summed E-state index contributed by atoms with van der Waals surface area (Å²) in [7, 11) is 0. The van der Waals surface area contributed by atoms with Crippen LogP contribution in [0.25, 0.3) is 22.3 Å². The highest BCUT2D eigenvalue weighted by Crippen LogP contribution is 2.38. The van der Waals surface area contributed by atoms with E-state index in [4.69, 9.17) is 23.2 Å². The van der Waals surface area contributed by atoms with E-state index in [1.165, 1.54) is 0 Å². The molecular formula is C18H12Cl2. The van der Waals surface area contributed by atoms with E-state index in [1.54, 1.807) is 0 Å². The molecule has 3 rings (SSSR count). The predicted octanol–water partition coefficient (Wildman–Crippen LogP) is 6.33. The topological polar surface area (TPSA) is 0 Å². The van der Waals surface area contributed by atoms with Crippen molar-refractivity contribution in [3.63, 3.8) is 0 Å². The van der Waals surface area contributed by atoms with Crippen molar-refractivity contribution in [1.82, 2.24) is 0 Å². The van der Waals surface area contributed by atoms with Crippen LogP contribution in [0.1, 0.15) is 0 Å². The minimum atomic E-state index is 0.669. The molecular weight excluding hydrogens is 287 g/mol. The summed E-state index contributed by atoms with van der Waals surface area (Å²) >= 11 is 12.9. The first-order valence-corrected chi connectivity index (χ1v) is 7.11. The highest BCUT2D eigenvalue weighted by atomic mass is 35.5. The quantitative estimate of drug-likeness (QED) is 0.519. The van der Waals surface area contributed by atoms with Crippen LogP contribution in [-0.2, 0) is 0 Å². The van der Waals surface area contributed by atoms with Crippen LogP contribution in [0.5, 0.6) is 0 Å². The smallest absolute Gasteiger partial charge is 0.0505 e. The van der Waals surface area contributed by atoms with Gasteiger partial charge in [-0.15, -0.1) is 0 Å². The Morgan fingerprint density at radius 2 is 0.950 bits per heavy atom. The maximum absolute atomic E-state index is 6.43. The maximum atomic E-state index is 6.43. The first-order chi connectivity index (χ1) is 9.75. The van der Waals surface area contributed by atoms with E-state index in [9.17, 15) is 0 Å². The van der Waals surface area contributed by atoms with Gasteiger partial charge in [-0.05, 0) is 28.8 Å². The Hall–Kier alpha value is -1.76. The third kappa shape index (κ3) is 2.58. The Balaban J connectivity index is 2.13. The van der Waals surface area contributed by atoms with Crippen molar-refractivity contribution in [1.29, 1.82) is 0 Å². The fourth-order valence-corrected chi connectivity index (χ4v) is 2.96. The van der Waals surface area contributed by atoms with E-state index >= 15 is 0 Å². The molecule has 0 heterocycles. The van der Waals surface area contributed by atoms with Crippen LogP contribution in [0.4, 0.5) is 0 Å². The molecule has 0 aliphatic heterocycles. The van der Waals surface area contributed by atoms with Gasteiger partial charge in [0.15, 0.2) is 0 Å². The predicted molar refractivity (Wildman–Crippen MR) is 87.3 cm³/mol. The Labute approximate surface area is 128 Å². The fourth-order valence-electron chi connectivity index (χ4n) is 2.25. The second-order valence-electron chi connectivity index (χ2n) is 4.55. The summed E-state index contributed by atoms with van der Waals surface area (Å²) in [5, 5.41) is 1.34. The van der Waals surface area contributed by atoms with Gasteiger partial charge >= 0.3 is 0 Å². The van der Waals surface area contributed by atoms with E-state index < -0.39 is 0 Å². The van der Waals surface area contributed by atoms with Gasteiger partial charge < -0.3 is 0 Å². The van der Waals surface area contributed by atoms with Gasteiger partial charge in [-0.1, -0.05) is 83.9 Å². The van der Waals surface area contributed by atoms with Gasteiger partial charge in [-0.2, -0.15) is 0 Å². The number of rotatable bonds is 2. The van der Waals surface area contributed by atoms with Crippen molar-refractivity contribution in [2.75, 3.05) is 0 Å². The molecule has 0 atom stereocenters. The molecule has 20 heavy (non-hydrogen) atoms. The largest absolute Gasteiger partial charge is 0.0836 e. The first kappa shape index (κ1) is 13.2. The number of benzene rings is 3. The van der Waals surface area contributed by atoms with Gasteiger partial charge in [0.05, 0.1) is 10.0 Å². The van der Waals surface area contributed by atoms with Crippen LogP contribution in [-0.4, -0.2) is 0 Å². The van der Waals surface area contributed by atoms with Gasteiger partial charge in [0.25, 0.3) is 0 Å². The average Bonchev–Trinajstić information content (AvgIpc) is 2.48. The molecule has 0 unspecified atom stereocenters. The second-order valence-corrected chi connectivity index (χ2v) is 5.36. The summed E-state index contributed by atoms with van der Waals surface area (Å²) in [4.78, 5) is 0. The van der Waals surface area contributed by atoms with Crippen LogP contribution >= 0.6 is 23.2 Å². The normalized spacial score (nSPS) is 10.5. The molecule has 0 amide bonds. The monoisotopic (exact) mass is 298 g/mol. The molecule has 3 aromatic rings. The SMILES string of the molecule is Clc1cc(-c2ccccc2)cc(Cl)c1-c1ccccc1. The summed E-state index contributed by atoms with van der Waals surface area (Å²) in [5.41, 5.74) is 4.05. The molecule has 3 aromatic carbocycles. The van der Waals surface area contributed by atoms with E-state index in [1.807, 2.05) is 72.8 Å². The lowest BCUT2D eigenvalue weighted by Gasteiger charge is -2.10. The van der Waals surface area contributed by atoms with Crippen molar-refractivity contribution < 1.29 is 0 Å². The van der Waals surface area contributed by atoms with Crippen molar-refractivity contribution in [2.45, 2.75) is 0 Å². The lowest BCUT2D eigenvalue weighted by molar-refractivity contribution is 1.59. The summed E-state index contributed by atoms with van der Waals surface area (Å²) in [6.07, 6.45) is 0. The Morgan fingerprint density at radius 3 is 1.45 bits per heavy atom. The van der Waals surface area contributed by atoms with Gasteiger partial charge in [-0.3, -0.25) is 0 Å². The highest BCUT2D eigenvalue weighted by molar-refractivity contribution is 6.39. The Bertz CT molecular complexity index is 696. The molecule has 0 aliphatic carbocycles. The molecule has 0 saturated carbocycles. The van der Waals surface area contributed by atoms with Gasteiger partial charge in [-0.25, -0.2) is 0 Å². The van der Waals surface area contributed by atoms with Crippen molar-refractivity contribution in [3.05, 3.63) is 82.8 Å². The zero-order valence-electron chi connectivity index (χ0n) is 10.7. The van der Waals surface area contributed by atoms with Gasteiger partial charge in [0, 0.05) is 5.56 Å². The first-order valence-electron chi connectivity index (χ1n) is 6.35. The van der Waals surface area contributed by atoms with Crippen LogP contribution in [0.2, 0.25) is 10.0 Å². The molecule has 0 spiro atoms. The van der Waals surface area contributed by atoms with E-state index in [0.717, 1.165) is 22.3 Å². The molecule has 0 saturated heterocycles. The molecule has 0 aliphatic rings. The molecule has 0 fully saturated rings. The van der Waals surface area contributed by atoms with Crippen molar-refractivity contribution >= 4 is 23.2 Å². The molecule has 0 aromatic heterocycles. The van der Waals surface area contributed by atoms with E-state index in [-0.39, 0.29) is 0 Å². The van der Waals surface area contributed by atoms with Crippen LogP contribution < -0.4 is 0 Å². The molecule has 0 radical (unpaired) electrons. The Morgan fingerprint density at radius 1 is 0.500 bits per heavy atom. The second kappa shape index (κ2) is 5.70.